The molecule has 0 saturated carbocycles. The molecule has 0 spiro atoms. The highest BCUT2D eigenvalue weighted by Crippen LogP contribution is 2.27. The Kier molecular flexibility index (Phi) is 9.75. The predicted octanol–water partition coefficient (Wildman–Crippen LogP) is 5.62. The van der Waals surface area contributed by atoms with Crippen LogP contribution in [-0.2, 0) is 23.0 Å². The smallest absolute Gasteiger partial charge is 0.404 e. The number of anilines is 1. The molecule has 3 aromatic carbocycles. The molecule has 13 heteroatoms. The van der Waals surface area contributed by atoms with Crippen molar-refractivity contribution in [3.8, 4) is 0 Å². The van der Waals surface area contributed by atoms with E-state index in [2.05, 4.69) is 5.32 Å². The van der Waals surface area contributed by atoms with Gasteiger partial charge in [-0.15, -0.1) is 0 Å². The molecule has 0 bridgehead atoms. The van der Waals surface area contributed by atoms with Gasteiger partial charge in [0.25, 0.3) is 0 Å². The molecule has 230 valence electrons. The fourth-order valence-corrected chi connectivity index (χ4v) is 6.10. The molecule has 1 heterocycles. The van der Waals surface area contributed by atoms with Crippen molar-refractivity contribution >= 4 is 44.2 Å². The molecule has 4 aromatic rings. The molecule has 0 aliphatic carbocycles. The van der Waals surface area contributed by atoms with E-state index < -0.39 is 34.0 Å². The predicted molar refractivity (Wildman–Crippen MR) is 160 cm³/mol. The number of fused-ring (bicyclic) bond motifs is 1. The molecule has 8 nitrogen and oxygen atoms in total. The van der Waals surface area contributed by atoms with Crippen molar-refractivity contribution in [3.05, 3.63) is 100 Å². The van der Waals surface area contributed by atoms with Crippen LogP contribution >= 0.6 is 11.6 Å². The van der Waals surface area contributed by atoms with E-state index in [1.165, 1.54) is 18.2 Å². The maximum absolute atomic E-state index is 12.8. The van der Waals surface area contributed by atoms with Crippen LogP contribution in [-0.4, -0.2) is 60.7 Å². The SMILES string of the molecule is CC(Cc1ccc2c(c1)cc(C(=O)O)n2Cc1cccc(N(C)S(=O)(=O)CC(F)(F)F)c1)NCC(O)c1cccc(Cl)c1. The van der Waals surface area contributed by atoms with E-state index in [-0.39, 0.29) is 24.0 Å². The van der Waals surface area contributed by atoms with Gasteiger partial charge in [-0.05, 0) is 72.5 Å². The van der Waals surface area contributed by atoms with E-state index in [4.69, 9.17) is 11.6 Å². The number of rotatable bonds is 12. The number of aromatic carboxylic acids is 1. The first-order valence-corrected chi connectivity index (χ1v) is 15.3. The summed E-state index contributed by atoms with van der Waals surface area (Å²) in [5, 5.41) is 24.9. The molecule has 3 N–H and O–H groups in total. The summed E-state index contributed by atoms with van der Waals surface area (Å²) in [4.78, 5) is 12.1. The Hall–Kier alpha value is -3.58. The molecule has 43 heavy (non-hydrogen) atoms. The van der Waals surface area contributed by atoms with Crippen LogP contribution in [0, 0.1) is 0 Å². The highest BCUT2D eigenvalue weighted by molar-refractivity contribution is 7.92. The van der Waals surface area contributed by atoms with E-state index in [0.29, 0.717) is 44.3 Å². The molecule has 0 saturated heterocycles. The van der Waals surface area contributed by atoms with Gasteiger partial charge in [0.1, 0.15) is 5.69 Å². The number of nitrogens with zero attached hydrogens (tertiary/aromatic N) is 2. The Morgan fingerprint density at radius 3 is 2.44 bits per heavy atom. The fourth-order valence-electron chi connectivity index (χ4n) is 4.86. The number of aliphatic hydroxyl groups is 1. The van der Waals surface area contributed by atoms with Gasteiger partial charge < -0.3 is 20.1 Å². The lowest BCUT2D eigenvalue weighted by molar-refractivity contribution is -0.106. The summed E-state index contributed by atoms with van der Waals surface area (Å²) < 4.78 is 65.0. The van der Waals surface area contributed by atoms with Crippen molar-refractivity contribution in [1.29, 1.82) is 0 Å². The molecule has 0 amide bonds. The summed E-state index contributed by atoms with van der Waals surface area (Å²) >= 11 is 6.01. The number of sulfonamides is 1. The number of alkyl halides is 3. The number of halogens is 4. The summed E-state index contributed by atoms with van der Waals surface area (Å²) in [5.74, 6) is -3.16. The number of carboxylic acids is 1. The van der Waals surface area contributed by atoms with Gasteiger partial charge >= 0.3 is 12.1 Å². The van der Waals surface area contributed by atoms with Crippen molar-refractivity contribution in [1.82, 2.24) is 9.88 Å². The Morgan fingerprint density at radius 1 is 1.05 bits per heavy atom. The zero-order chi connectivity index (χ0) is 31.5. The molecule has 1 aromatic heterocycles. The van der Waals surface area contributed by atoms with E-state index in [1.807, 2.05) is 19.1 Å². The van der Waals surface area contributed by atoms with Crippen LogP contribution in [0.3, 0.4) is 0 Å². The lowest BCUT2D eigenvalue weighted by Gasteiger charge is -2.21. The van der Waals surface area contributed by atoms with Gasteiger partial charge in [0, 0.05) is 42.1 Å². The molecule has 2 atom stereocenters. The van der Waals surface area contributed by atoms with Crippen molar-refractivity contribution in [2.75, 3.05) is 23.7 Å². The topological polar surface area (TPSA) is 112 Å². The van der Waals surface area contributed by atoms with Gasteiger partial charge in [-0.3, -0.25) is 4.31 Å². The molecule has 0 fully saturated rings. The molecule has 2 unspecified atom stereocenters. The Balaban J connectivity index is 1.51. The number of nitrogens with one attached hydrogen (secondary N) is 1. The van der Waals surface area contributed by atoms with Gasteiger partial charge in [0.05, 0.1) is 11.8 Å². The van der Waals surface area contributed by atoms with Gasteiger partial charge in [0.15, 0.2) is 5.75 Å². The van der Waals surface area contributed by atoms with Crippen LogP contribution in [0.1, 0.15) is 40.2 Å². The first-order chi connectivity index (χ1) is 20.1. The standard InChI is InChI=1S/C30H31ClF3N3O5S/c1-19(35-16-28(38)22-6-4-7-24(31)14-22)11-20-9-10-26-23(12-20)15-27(29(39)40)37(26)17-21-5-3-8-25(13-21)36(2)43(41,42)18-30(32,33)34/h3-10,12-15,19,28,35,38H,11,16-18H2,1-2H3,(H,39,40). The summed E-state index contributed by atoms with van der Waals surface area (Å²) in [6, 6.07) is 20.1. The minimum Gasteiger partial charge on any atom is -0.477 e. The molecule has 0 aliphatic heterocycles. The lowest BCUT2D eigenvalue weighted by atomic mass is 10.0. The first kappa shape index (κ1) is 32.3. The zero-order valence-corrected chi connectivity index (χ0v) is 24.9. The van der Waals surface area contributed by atoms with Crippen molar-refractivity contribution < 1.29 is 36.6 Å². The van der Waals surface area contributed by atoms with Crippen LogP contribution < -0.4 is 9.62 Å². The highest BCUT2D eigenvalue weighted by Gasteiger charge is 2.37. The number of carbonyl (C=O) groups is 1. The molecule has 0 aliphatic rings. The van der Waals surface area contributed by atoms with Gasteiger partial charge in [0.2, 0.25) is 10.0 Å². The third kappa shape index (κ3) is 8.29. The maximum atomic E-state index is 12.8. The van der Waals surface area contributed by atoms with Gasteiger partial charge in [-0.25, -0.2) is 13.2 Å². The average molecular weight is 638 g/mol. The van der Waals surface area contributed by atoms with Crippen LogP contribution in [0.2, 0.25) is 5.02 Å². The van der Waals surface area contributed by atoms with Gasteiger partial charge in [-0.2, -0.15) is 13.2 Å². The zero-order valence-electron chi connectivity index (χ0n) is 23.3. The normalized spacial score (nSPS) is 13.7. The van der Waals surface area contributed by atoms with Gasteiger partial charge in [-0.1, -0.05) is 41.9 Å². The van der Waals surface area contributed by atoms with E-state index in [1.54, 1.807) is 47.0 Å². The number of aromatic nitrogens is 1. The van der Waals surface area contributed by atoms with Crippen LogP contribution in [0.5, 0.6) is 0 Å². The quantitative estimate of drug-likeness (QED) is 0.186. The third-order valence-electron chi connectivity index (χ3n) is 7.00. The molecular weight excluding hydrogens is 607 g/mol. The number of hydrogen-bond donors (Lipinski definition) is 3. The fraction of sp³-hybridized carbons (Fsp3) is 0.300. The second-order valence-electron chi connectivity index (χ2n) is 10.4. The molecule has 0 radical (unpaired) electrons. The number of hydrogen-bond acceptors (Lipinski definition) is 5. The highest BCUT2D eigenvalue weighted by atomic mass is 35.5. The third-order valence-corrected chi connectivity index (χ3v) is 8.97. The summed E-state index contributed by atoms with van der Waals surface area (Å²) in [6.07, 6.45) is -5.03. The minimum absolute atomic E-state index is 0.00594. The number of aliphatic hydroxyl groups excluding tert-OH is 1. The molecule has 4 rings (SSSR count). The molecular formula is C30H31ClF3N3O5S. The van der Waals surface area contributed by atoms with Crippen molar-refractivity contribution in [2.24, 2.45) is 0 Å². The lowest BCUT2D eigenvalue weighted by Crippen LogP contribution is -2.35. The van der Waals surface area contributed by atoms with E-state index >= 15 is 0 Å². The summed E-state index contributed by atoms with van der Waals surface area (Å²) in [5.41, 5.74) is 2.81. The maximum Gasteiger partial charge on any atom is 0.404 e. The van der Waals surface area contributed by atoms with E-state index in [0.717, 1.165) is 12.6 Å². The minimum atomic E-state index is -4.89. The monoisotopic (exact) mass is 637 g/mol. The average Bonchev–Trinajstić information content (AvgIpc) is 3.27. The second kappa shape index (κ2) is 13.0. The Bertz CT molecular complexity index is 1730. The van der Waals surface area contributed by atoms with E-state index in [9.17, 15) is 36.6 Å². The van der Waals surface area contributed by atoms with Crippen molar-refractivity contribution in [2.45, 2.75) is 38.2 Å². The summed E-state index contributed by atoms with van der Waals surface area (Å²) in [7, 11) is -3.62. The van der Waals surface area contributed by atoms with Crippen LogP contribution in [0.4, 0.5) is 18.9 Å². The second-order valence-corrected chi connectivity index (χ2v) is 12.8. The largest absolute Gasteiger partial charge is 0.477 e. The van der Waals surface area contributed by atoms with Crippen LogP contribution in [0.25, 0.3) is 10.9 Å². The Labute approximate surface area is 252 Å². The van der Waals surface area contributed by atoms with Crippen LogP contribution in [0.15, 0.2) is 72.8 Å². The first-order valence-electron chi connectivity index (χ1n) is 13.3. The van der Waals surface area contributed by atoms with Crippen molar-refractivity contribution in [3.63, 3.8) is 0 Å². The Morgan fingerprint density at radius 2 is 1.77 bits per heavy atom. The number of carboxylic acid groups (broad SMARTS) is 1. The summed E-state index contributed by atoms with van der Waals surface area (Å²) in [6.45, 7) is 2.33. The number of benzene rings is 3.